The van der Waals surface area contributed by atoms with Crippen molar-refractivity contribution in [3.63, 3.8) is 0 Å². The highest BCUT2D eigenvalue weighted by Gasteiger charge is 2.39. The number of pyridine rings is 1. The Labute approximate surface area is 188 Å². The van der Waals surface area contributed by atoms with Crippen LogP contribution in [-0.2, 0) is 6.42 Å². The van der Waals surface area contributed by atoms with Crippen LogP contribution in [0.5, 0.6) is 0 Å². The Bertz CT molecular complexity index is 1200. The predicted octanol–water partition coefficient (Wildman–Crippen LogP) is 3.68. The molecule has 0 saturated carbocycles. The summed E-state index contributed by atoms with van der Waals surface area (Å²) in [6.45, 7) is 6.47. The normalized spacial score (nSPS) is 24.9. The summed E-state index contributed by atoms with van der Waals surface area (Å²) >= 11 is 0. The first kappa shape index (κ1) is 21.0. The van der Waals surface area contributed by atoms with Crippen LogP contribution >= 0.6 is 0 Å². The Morgan fingerprint density at radius 2 is 1.91 bits per heavy atom. The Morgan fingerprint density at radius 3 is 2.53 bits per heavy atom. The Morgan fingerprint density at radius 1 is 1.22 bits per heavy atom. The maximum absolute atomic E-state index is 13.2. The lowest BCUT2D eigenvalue weighted by molar-refractivity contribution is 0.0964. The van der Waals surface area contributed by atoms with Crippen LogP contribution in [0.25, 0.3) is 10.9 Å². The van der Waals surface area contributed by atoms with E-state index in [4.69, 9.17) is 5.73 Å². The first-order valence-electron chi connectivity index (χ1n) is 11.7. The van der Waals surface area contributed by atoms with Gasteiger partial charge in [0, 0.05) is 47.1 Å². The number of H-pyrrole nitrogens is 1. The van der Waals surface area contributed by atoms with Gasteiger partial charge in [0.15, 0.2) is 0 Å². The fourth-order valence-corrected chi connectivity index (χ4v) is 5.98. The standard InChI is InChI=1S/C26H32N4O2/c1-14-10-21-20(14)8-9-23-24(21)25(31)22(13-28-23)26(32)29-16(3)17(12-27)11-15(2)30-18-4-5-19(30)7-6-18/h8-9,11,13-14,18-19H,4-7,10,12,27H2,1-3H3,(H,28,31)(H,29,32)/b15-11+,17-16-. The van der Waals surface area contributed by atoms with E-state index in [1.165, 1.54) is 43.1 Å². The molecule has 1 aromatic heterocycles. The van der Waals surface area contributed by atoms with E-state index in [2.05, 4.69) is 41.2 Å². The number of hydrogen-bond donors (Lipinski definition) is 3. The second kappa shape index (κ2) is 7.93. The number of carbonyl (C=O) groups is 1. The number of nitrogens with zero attached hydrogens (tertiary/aromatic N) is 1. The van der Waals surface area contributed by atoms with Crippen LogP contribution in [0, 0.1) is 0 Å². The van der Waals surface area contributed by atoms with E-state index in [-0.39, 0.29) is 11.0 Å². The van der Waals surface area contributed by atoms with E-state index in [1.54, 1.807) is 0 Å². The van der Waals surface area contributed by atoms with E-state index in [1.807, 2.05) is 13.0 Å². The zero-order valence-electron chi connectivity index (χ0n) is 19.1. The Kier molecular flexibility index (Phi) is 5.20. The molecule has 1 aliphatic carbocycles. The van der Waals surface area contributed by atoms with Gasteiger partial charge in [0.1, 0.15) is 5.56 Å². The molecule has 2 saturated heterocycles. The van der Waals surface area contributed by atoms with Gasteiger partial charge in [0.25, 0.3) is 5.91 Å². The minimum absolute atomic E-state index is 0.138. The molecule has 2 aliphatic heterocycles. The number of benzene rings is 1. The van der Waals surface area contributed by atoms with Crippen molar-refractivity contribution in [2.45, 2.75) is 70.9 Å². The summed E-state index contributed by atoms with van der Waals surface area (Å²) in [4.78, 5) is 31.9. The lowest BCUT2D eigenvalue weighted by atomic mass is 9.76. The van der Waals surface area contributed by atoms with E-state index in [0.717, 1.165) is 23.1 Å². The van der Waals surface area contributed by atoms with Gasteiger partial charge in [-0.2, -0.15) is 0 Å². The van der Waals surface area contributed by atoms with Crippen molar-refractivity contribution in [2.75, 3.05) is 6.54 Å². The van der Waals surface area contributed by atoms with Crippen LogP contribution < -0.4 is 16.5 Å². The summed E-state index contributed by atoms with van der Waals surface area (Å²) in [5, 5.41) is 3.57. The molecule has 1 unspecified atom stereocenters. The molecule has 168 valence electrons. The Balaban J connectivity index is 1.42. The monoisotopic (exact) mass is 432 g/mol. The van der Waals surface area contributed by atoms with Crippen molar-refractivity contribution in [1.29, 1.82) is 0 Å². The molecular weight excluding hydrogens is 400 g/mol. The van der Waals surface area contributed by atoms with Crippen LogP contribution in [-0.4, -0.2) is 34.4 Å². The minimum Gasteiger partial charge on any atom is -0.369 e. The first-order valence-corrected chi connectivity index (χ1v) is 11.7. The van der Waals surface area contributed by atoms with Gasteiger partial charge in [-0.25, -0.2) is 0 Å². The zero-order chi connectivity index (χ0) is 22.6. The third-order valence-corrected chi connectivity index (χ3v) is 7.72. The average molecular weight is 433 g/mol. The number of amides is 1. The minimum atomic E-state index is -0.395. The molecule has 2 bridgehead atoms. The van der Waals surface area contributed by atoms with Crippen LogP contribution in [0.15, 0.2) is 46.2 Å². The third-order valence-electron chi connectivity index (χ3n) is 7.72. The summed E-state index contributed by atoms with van der Waals surface area (Å²) in [7, 11) is 0. The number of nitrogens with two attached hydrogens (primary N) is 1. The van der Waals surface area contributed by atoms with Crippen LogP contribution in [0.2, 0.25) is 0 Å². The molecule has 3 aliphatic rings. The van der Waals surface area contributed by atoms with Crippen LogP contribution in [0.4, 0.5) is 0 Å². The van der Waals surface area contributed by atoms with E-state index in [0.29, 0.717) is 35.6 Å². The quantitative estimate of drug-likeness (QED) is 0.629. The summed E-state index contributed by atoms with van der Waals surface area (Å²) in [6.07, 6.45) is 9.55. The summed E-state index contributed by atoms with van der Waals surface area (Å²) in [5.41, 5.74) is 11.8. The molecule has 5 rings (SSSR count). The van der Waals surface area contributed by atoms with Crippen molar-refractivity contribution >= 4 is 16.8 Å². The number of hydrogen-bond acceptors (Lipinski definition) is 4. The number of aromatic nitrogens is 1. The Hall–Kier alpha value is -2.86. The van der Waals surface area contributed by atoms with Gasteiger partial charge in [-0.3, -0.25) is 9.59 Å². The molecule has 32 heavy (non-hydrogen) atoms. The summed E-state index contributed by atoms with van der Waals surface area (Å²) in [6, 6.07) is 5.29. The molecule has 2 aromatic rings. The number of carbonyl (C=O) groups excluding carboxylic acids is 1. The summed E-state index contributed by atoms with van der Waals surface area (Å²) in [5.74, 6) is 0.0679. The highest BCUT2D eigenvalue weighted by molar-refractivity contribution is 5.99. The van der Waals surface area contributed by atoms with Crippen molar-refractivity contribution in [3.8, 4) is 0 Å². The van der Waals surface area contributed by atoms with E-state index >= 15 is 0 Å². The molecule has 6 nitrogen and oxygen atoms in total. The van der Waals surface area contributed by atoms with Gasteiger partial charge >= 0.3 is 0 Å². The largest absolute Gasteiger partial charge is 0.369 e. The van der Waals surface area contributed by atoms with Crippen LogP contribution in [0.1, 0.15) is 73.9 Å². The second-order valence-electron chi connectivity index (χ2n) is 9.66. The molecule has 0 radical (unpaired) electrons. The molecule has 0 spiro atoms. The SMILES string of the molecule is C/C(NC(=O)c1c[nH]c2ccc3c(c2c1=O)CC3C)=C(\C=C(/C)N1C2CCC1CC2)CN. The van der Waals surface area contributed by atoms with Crippen molar-refractivity contribution in [2.24, 2.45) is 5.73 Å². The van der Waals surface area contributed by atoms with Gasteiger partial charge in [-0.05, 0) is 80.7 Å². The summed E-state index contributed by atoms with van der Waals surface area (Å²) < 4.78 is 0. The average Bonchev–Trinajstić information content (AvgIpc) is 3.37. The molecule has 1 aromatic carbocycles. The second-order valence-corrected chi connectivity index (χ2v) is 9.66. The number of aromatic amines is 1. The number of nitrogens with one attached hydrogen (secondary N) is 2. The first-order chi connectivity index (χ1) is 15.4. The predicted molar refractivity (Wildman–Crippen MR) is 128 cm³/mol. The molecule has 1 atom stereocenters. The highest BCUT2D eigenvalue weighted by Crippen LogP contribution is 2.40. The van der Waals surface area contributed by atoms with E-state index < -0.39 is 5.91 Å². The van der Waals surface area contributed by atoms with Gasteiger partial charge in [0.2, 0.25) is 5.43 Å². The molecule has 6 heteroatoms. The number of fused-ring (bicyclic) bond motifs is 5. The van der Waals surface area contributed by atoms with Crippen molar-refractivity contribution in [1.82, 2.24) is 15.2 Å². The van der Waals surface area contributed by atoms with Crippen molar-refractivity contribution in [3.05, 3.63) is 68.3 Å². The van der Waals surface area contributed by atoms with E-state index in [9.17, 15) is 9.59 Å². The third kappa shape index (κ3) is 3.28. The topological polar surface area (TPSA) is 91.2 Å². The molecule has 4 N–H and O–H groups in total. The number of rotatable bonds is 5. The molecule has 3 heterocycles. The van der Waals surface area contributed by atoms with Gasteiger partial charge < -0.3 is 20.9 Å². The zero-order valence-corrected chi connectivity index (χ0v) is 19.1. The van der Waals surface area contributed by atoms with Gasteiger partial charge in [0.05, 0.1) is 0 Å². The lowest BCUT2D eigenvalue weighted by Crippen LogP contribution is -2.30. The maximum atomic E-state index is 13.2. The molecular formula is C26H32N4O2. The lowest BCUT2D eigenvalue weighted by Gasteiger charge is -2.28. The fourth-order valence-electron chi connectivity index (χ4n) is 5.98. The smallest absolute Gasteiger partial charge is 0.260 e. The molecule has 1 amide bonds. The highest BCUT2D eigenvalue weighted by atomic mass is 16.2. The van der Waals surface area contributed by atoms with Gasteiger partial charge in [-0.15, -0.1) is 0 Å². The van der Waals surface area contributed by atoms with Crippen molar-refractivity contribution < 1.29 is 4.79 Å². The fraction of sp³-hybridized carbons (Fsp3) is 0.462. The van der Waals surface area contributed by atoms with Gasteiger partial charge in [-0.1, -0.05) is 13.0 Å². The number of allylic oxidation sites excluding steroid dienone is 2. The van der Waals surface area contributed by atoms with Crippen LogP contribution in [0.3, 0.4) is 0 Å². The maximum Gasteiger partial charge on any atom is 0.260 e. The molecule has 2 fully saturated rings.